The molecular formula is C27H33N9O6S. The van der Waals surface area contributed by atoms with Crippen molar-refractivity contribution in [1.82, 2.24) is 40.1 Å². The lowest BCUT2D eigenvalue weighted by Gasteiger charge is -2.34. The Morgan fingerprint density at radius 2 is 1.86 bits per heavy atom. The molecule has 0 bridgehead atoms. The summed E-state index contributed by atoms with van der Waals surface area (Å²) >= 11 is 0. The number of aromatic nitrogens is 6. The molecule has 43 heavy (non-hydrogen) atoms. The Labute approximate surface area is 247 Å². The largest absolute Gasteiger partial charge is 0.493 e. The number of carbonyl (C=O) groups excluding carboxylic acids is 1. The first-order chi connectivity index (χ1) is 20.6. The molecule has 0 saturated carbocycles. The van der Waals surface area contributed by atoms with Crippen LogP contribution in [0.3, 0.4) is 0 Å². The lowest BCUT2D eigenvalue weighted by molar-refractivity contribution is 0.0705. The van der Waals surface area contributed by atoms with E-state index in [1.54, 1.807) is 13.1 Å². The zero-order chi connectivity index (χ0) is 30.7. The van der Waals surface area contributed by atoms with Crippen molar-refractivity contribution in [1.29, 1.82) is 0 Å². The first kappa shape index (κ1) is 30.1. The van der Waals surface area contributed by atoms with Gasteiger partial charge in [0.05, 0.1) is 28.3 Å². The molecule has 1 aliphatic rings. The highest BCUT2D eigenvalue weighted by Crippen LogP contribution is 2.32. The standard InChI is InChI=1S/C27H33N9O6S/c1-4-6-20-22-23(34(3)32-20)26(38)31-24(30-22)19-13-18(7-8-21(19)42-5-2)43(40,41)16-35-9-11-36(12-10-35)27-28-14-17(15-29-27)25(37)33-39/h7-8,13-15,39H,4-6,9-12,16H2,1-3H3,(H,33,37)(H,30,31,38). The third-order valence-corrected chi connectivity index (χ3v) is 8.80. The fraction of sp³-hybridized carbons (Fsp3) is 0.407. The number of sulfone groups is 1. The number of nitrogens with zero attached hydrogens (tertiary/aromatic N) is 7. The van der Waals surface area contributed by atoms with E-state index in [1.165, 1.54) is 34.7 Å². The highest BCUT2D eigenvalue weighted by molar-refractivity contribution is 7.91. The van der Waals surface area contributed by atoms with Crippen molar-refractivity contribution in [3.8, 4) is 17.1 Å². The molecule has 3 N–H and O–H groups in total. The number of hydroxylamine groups is 1. The number of benzene rings is 1. The Morgan fingerprint density at radius 3 is 2.51 bits per heavy atom. The molecule has 4 aromatic rings. The molecular weight excluding hydrogens is 578 g/mol. The van der Waals surface area contributed by atoms with Crippen LogP contribution in [0.4, 0.5) is 5.95 Å². The van der Waals surface area contributed by atoms with Gasteiger partial charge in [-0.15, -0.1) is 0 Å². The number of nitrogens with one attached hydrogen (secondary N) is 2. The van der Waals surface area contributed by atoms with Crippen LogP contribution in [0.25, 0.3) is 22.4 Å². The zero-order valence-electron chi connectivity index (χ0n) is 24.1. The van der Waals surface area contributed by atoms with E-state index in [4.69, 9.17) is 14.9 Å². The average molecular weight is 612 g/mol. The van der Waals surface area contributed by atoms with Crippen LogP contribution in [0, 0.1) is 0 Å². The minimum atomic E-state index is -3.77. The maximum absolute atomic E-state index is 13.6. The molecule has 0 spiro atoms. The van der Waals surface area contributed by atoms with Crippen LogP contribution in [0.1, 0.15) is 36.3 Å². The van der Waals surface area contributed by atoms with E-state index >= 15 is 0 Å². The van der Waals surface area contributed by atoms with Crippen molar-refractivity contribution in [2.75, 3.05) is 43.6 Å². The van der Waals surface area contributed by atoms with E-state index in [-0.39, 0.29) is 27.7 Å². The highest BCUT2D eigenvalue weighted by Gasteiger charge is 2.26. The van der Waals surface area contributed by atoms with Gasteiger partial charge in [-0.1, -0.05) is 13.3 Å². The van der Waals surface area contributed by atoms with E-state index in [1.807, 2.05) is 23.6 Å². The number of hydrogen-bond acceptors (Lipinski definition) is 12. The van der Waals surface area contributed by atoms with Gasteiger partial charge in [0.25, 0.3) is 11.5 Å². The summed E-state index contributed by atoms with van der Waals surface area (Å²) in [4.78, 5) is 44.2. The molecule has 1 fully saturated rings. The van der Waals surface area contributed by atoms with E-state index < -0.39 is 15.7 Å². The van der Waals surface area contributed by atoms with Crippen LogP contribution in [-0.4, -0.2) is 92.8 Å². The Balaban J connectivity index is 1.37. The quantitative estimate of drug-likeness (QED) is 0.172. The van der Waals surface area contributed by atoms with Gasteiger partial charge in [0.2, 0.25) is 5.95 Å². The summed E-state index contributed by atoms with van der Waals surface area (Å²) in [5, 5.41) is 13.2. The van der Waals surface area contributed by atoms with E-state index in [2.05, 4.69) is 20.1 Å². The number of rotatable bonds is 10. The van der Waals surface area contributed by atoms with Crippen molar-refractivity contribution in [2.24, 2.45) is 7.05 Å². The zero-order valence-corrected chi connectivity index (χ0v) is 24.9. The minimum absolute atomic E-state index is 0.0807. The number of H-pyrrole nitrogens is 1. The molecule has 0 radical (unpaired) electrons. The van der Waals surface area contributed by atoms with Crippen molar-refractivity contribution < 1.29 is 23.2 Å². The van der Waals surface area contributed by atoms with Crippen molar-refractivity contribution in [2.45, 2.75) is 31.6 Å². The van der Waals surface area contributed by atoms with Crippen molar-refractivity contribution >= 4 is 32.7 Å². The number of aromatic amines is 1. The summed E-state index contributed by atoms with van der Waals surface area (Å²) in [6.07, 6.45) is 4.09. The van der Waals surface area contributed by atoms with Gasteiger partial charge in [-0.3, -0.25) is 24.4 Å². The lowest BCUT2D eigenvalue weighted by Crippen LogP contribution is -2.48. The summed E-state index contributed by atoms with van der Waals surface area (Å²) in [6, 6.07) is 4.58. The number of piperazine rings is 1. The lowest BCUT2D eigenvalue weighted by atomic mass is 10.1. The Bertz CT molecular complexity index is 1800. The molecule has 1 aliphatic heterocycles. The van der Waals surface area contributed by atoms with E-state index in [0.717, 1.165) is 6.42 Å². The van der Waals surface area contributed by atoms with Crippen molar-refractivity contribution in [3.05, 3.63) is 52.2 Å². The van der Waals surface area contributed by atoms with Gasteiger partial charge in [0, 0.05) is 45.6 Å². The molecule has 1 amide bonds. The SMILES string of the molecule is CCCc1nn(C)c2c(=O)[nH]c(-c3cc(S(=O)(=O)CN4CCN(c5ncc(C(=O)NO)cn5)CC4)ccc3OCC)nc12. The third-order valence-electron chi connectivity index (χ3n) is 7.12. The molecule has 16 heteroatoms. The predicted octanol–water partition coefficient (Wildman–Crippen LogP) is 1.14. The molecule has 1 saturated heterocycles. The van der Waals surface area contributed by atoms with Crippen LogP contribution in [0.2, 0.25) is 0 Å². The van der Waals surface area contributed by atoms with Crippen LogP contribution in [0.5, 0.6) is 5.75 Å². The topological polar surface area (TPSA) is 189 Å². The molecule has 1 aromatic carbocycles. The van der Waals surface area contributed by atoms with Crippen LogP contribution in [-0.2, 0) is 23.3 Å². The number of fused-ring (bicyclic) bond motifs is 1. The van der Waals surface area contributed by atoms with Gasteiger partial charge in [0.1, 0.15) is 23.0 Å². The number of aryl methyl sites for hydroxylation is 2. The summed E-state index contributed by atoms with van der Waals surface area (Å²) < 4.78 is 34.4. The van der Waals surface area contributed by atoms with Gasteiger partial charge >= 0.3 is 0 Å². The Kier molecular flexibility index (Phi) is 8.70. The van der Waals surface area contributed by atoms with Gasteiger partial charge in [-0.05, 0) is 31.5 Å². The molecule has 3 aromatic heterocycles. The second-order valence-electron chi connectivity index (χ2n) is 10.1. The summed E-state index contributed by atoms with van der Waals surface area (Å²) in [6.45, 7) is 6.01. The Hall–Kier alpha value is -4.41. The molecule has 228 valence electrons. The molecule has 0 atom stereocenters. The van der Waals surface area contributed by atoms with Gasteiger partial charge < -0.3 is 14.6 Å². The summed E-state index contributed by atoms with van der Waals surface area (Å²) in [5.41, 5.74) is 3.18. The number of hydrogen-bond donors (Lipinski definition) is 3. The first-order valence-corrected chi connectivity index (χ1v) is 15.5. The number of ether oxygens (including phenoxy) is 1. The smallest absolute Gasteiger partial charge is 0.277 e. The predicted molar refractivity (Wildman–Crippen MR) is 157 cm³/mol. The van der Waals surface area contributed by atoms with Crippen LogP contribution in [0.15, 0.2) is 40.3 Å². The van der Waals surface area contributed by atoms with Gasteiger partial charge in [-0.2, -0.15) is 5.10 Å². The minimum Gasteiger partial charge on any atom is -0.493 e. The average Bonchev–Trinajstić information content (AvgIpc) is 3.32. The fourth-order valence-corrected chi connectivity index (χ4v) is 6.47. The molecule has 5 rings (SSSR count). The van der Waals surface area contributed by atoms with E-state index in [0.29, 0.717) is 73.2 Å². The molecule has 0 aliphatic carbocycles. The molecule has 0 unspecified atom stereocenters. The van der Waals surface area contributed by atoms with Gasteiger partial charge in [-0.25, -0.2) is 28.8 Å². The molecule has 4 heterocycles. The number of carbonyl (C=O) groups is 1. The number of amides is 1. The van der Waals surface area contributed by atoms with Crippen LogP contribution >= 0.6 is 0 Å². The summed E-state index contributed by atoms with van der Waals surface area (Å²) in [5.74, 6) is 0.0968. The monoisotopic (exact) mass is 611 g/mol. The second kappa shape index (κ2) is 12.4. The van der Waals surface area contributed by atoms with Gasteiger partial charge in [0.15, 0.2) is 15.4 Å². The second-order valence-corrected chi connectivity index (χ2v) is 12.0. The third kappa shape index (κ3) is 6.21. The maximum Gasteiger partial charge on any atom is 0.277 e. The summed E-state index contributed by atoms with van der Waals surface area (Å²) in [7, 11) is -2.08. The maximum atomic E-state index is 13.6. The first-order valence-electron chi connectivity index (χ1n) is 13.8. The highest BCUT2D eigenvalue weighted by atomic mass is 32.2. The molecule has 15 nitrogen and oxygen atoms in total. The fourth-order valence-electron chi connectivity index (χ4n) is 5.01. The van der Waals surface area contributed by atoms with E-state index in [9.17, 15) is 18.0 Å². The Morgan fingerprint density at radius 1 is 1.14 bits per heavy atom. The number of anilines is 1. The van der Waals surface area contributed by atoms with Crippen molar-refractivity contribution in [3.63, 3.8) is 0 Å². The van der Waals surface area contributed by atoms with Crippen LogP contribution < -0.4 is 20.7 Å². The normalized spacial score (nSPS) is 14.3.